The van der Waals surface area contributed by atoms with Crippen LogP contribution in [0.2, 0.25) is 0 Å². The van der Waals surface area contributed by atoms with Gasteiger partial charge in [-0.2, -0.15) is 5.10 Å². The summed E-state index contributed by atoms with van der Waals surface area (Å²) in [4.78, 5) is 29.3. The quantitative estimate of drug-likeness (QED) is 0.541. The van der Waals surface area contributed by atoms with Crippen LogP contribution in [0.25, 0.3) is 5.65 Å². The largest absolute Gasteiger partial charge is 0.347 e. The van der Waals surface area contributed by atoms with Gasteiger partial charge < -0.3 is 9.80 Å². The highest BCUT2D eigenvalue weighted by Crippen LogP contribution is 2.34. The number of pyridine rings is 2. The molecule has 34 heavy (non-hydrogen) atoms. The SMILES string of the molecule is Cc1ccc(N2C3CCC2CN(C(=O)CCN(Cc2cccc4ncnn24)C2CCC2)C3)nc1. The van der Waals surface area contributed by atoms with Crippen molar-refractivity contribution < 1.29 is 4.79 Å². The summed E-state index contributed by atoms with van der Waals surface area (Å²) in [6.45, 7) is 5.29. The van der Waals surface area contributed by atoms with Crippen molar-refractivity contribution in [3.8, 4) is 0 Å². The van der Waals surface area contributed by atoms with E-state index in [1.54, 1.807) is 6.33 Å². The summed E-state index contributed by atoms with van der Waals surface area (Å²) in [5.41, 5.74) is 3.19. The minimum absolute atomic E-state index is 0.289. The second kappa shape index (κ2) is 8.98. The fourth-order valence-corrected chi connectivity index (χ4v) is 5.86. The van der Waals surface area contributed by atoms with Crippen LogP contribution in [0.1, 0.15) is 49.8 Å². The number of carbonyl (C=O) groups excluding carboxylic acids is 1. The Balaban J connectivity index is 1.10. The lowest BCUT2D eigenvalue weighted by molar-refractivity contribution is -0.132. The third-order valence-electron chi connectivity index (χ3n) is 7.94. The molecule has 8 nitrogen and oxygen atoms in total. The van der Waals surface area contributed by atoms with Crippen LogP contribution in [0, 0.1) is 6.92 Å². The van der Waals surface area contributed by atoms with Crippen molar-refractivity contribution in [2.45, 2.75) is 70.1 Å². The Morgan fingerprint density at radius 1 is 1.06 bits per heavy atom. The van der Waals surface area contributed by atoms with Crippen LogP contribution in [-0.4, -0.2) is 73.0 Å². The molecule has 0 aromatic carbocycles. The van der Waals surface area contributed by atoms with Gasteiger partial charge >= 0.3 is 0 Å². The van der Waals surface area contributed by atoms with Crippen LogP contribution in [0.4, 0.5) is 5.82 Å². The zero-order valence-corrected chi connectivity index (χ0v) is 19.9. The monoisotopic (exact) mass is 459 g/mol. The Kier molecular flexibility index (Phi) is 5.69. The maximum Gasteiger partial charge on any atom is 0.224 e. The van der Waals surface area contributed by atoms with E-state index in [1.165, 1.54) is 24.8 Å². The average molecular weight is 460 g/mol. The van der Waals surface area contributed by atoms with E-state index in [0.717, 1.165) is 56.2 Å². The van der Waals surface area contributed by atoms with Gasteiger partial charge in [0.15, 0.2) is 5.65 Å². The minimum Gasteiger partial charge on any atom is -0.347 e. The fourth-order valence-electron chi connectivity index (χ4n) is 5.86. The molecule has 6 rings (SSSR count). The number of aromatic nitrogens is 4. The van der Waals surface area contributed by atoms with Crippen molar-refractivity contribution in [3.05, 3.63) is 54.1 Å². The highest BCUT2D eigenvalue weighted by atomic mass is 16.2. The minimum atomic E-state index is 0.289. The van der Waals surface area contributed by atoms with Crippen LogP contribution in [0.5, 0.6) is 0 Å². The van der Waals surface area contributed by atoms with E-state index in [4.69, 9.17) is 0 Å². The molecule has 2 unspecified atom stereocenters. The van der Waals surface area contributed by atoms with Gasteiger partial charge in [0, 0.05) is 56.9 Å². The molecule has 3 fully saturated rings. The molecule has 178 valence electrons. The third-order valence-corrected chi connectivity index (χ3v) is 7.94. The molecule has 0 spiro atoms. The molecule has 2 atom stereocenters. The molecule has 2 saturated heterocycles. The summed E-state index contributed by atoms with van der Waals surface area (Å²) in [5.74, 6) is 1.35. The molecule has 1 aliphatic carbocycles. The van der Waals surface area contributed by atoms with Gasteiger partial charge in [0.05, 0.1) is 5.69 Å². The van der Waals surface area contributed by atoms with Gasteiger partial charge in [0.2, 0.25) is 5.91 Å². The van der Waals surface area contributed by atoms with Gasteiger partial charge in [-0.1, -0.05) is 18.6 Å². The van der Waals surface area contributed by atoms with Gasteiger partial charge in [0.25, 0.3) is 0 Å². The van der Waals surface area contributed by atoms with Crippen LogP contribution >= 0.6 is 0 Å². The van der Waals surface area contributed by atoms with Gasteiger partial charge in [-0.25, -0.2) is 14.5 Å². The Hall–Kier alpha value is -3.00. The van der Waals surface area contributed by atoms with Crippen molar-refractivity contribution in [2.75, 3.05) is 24.5 Å². The van der Waals surface area contributed by atoms with Crippen LogP contribution in [0.3, 0.4) is 0 Å². The lowest BCUT2D eigenvalue weighted by Gasteiger charge is -2.42. The number of carbonyl (C=O) groups is 1. The summed E-state index contributed by atoms with van der Waals surface area (Å²) in [6, 6.07) is 11.7. The average Bonchev–Trinajstić information content (AvgIpc) is 3.39. The summed E-state index contributed by atoms with van der Waals surface area (Å²) < 4.78 is 1.92. The number of aryl methyl sites for hydroxylation is 1. The highest BCUT2D eigenvalue weighted by molar-refractivity contribution is 5.77. The molecular weight excluding hydrogens is 426 g/mol. The number of amides is 1. The van der Waals surface area contributed by atoms with E-state index < -0.39 is 0 Å². The number of rotatable bonds is 7. The Morgan fingerprint density at radius 3 is 2.59 bits per heavy atom. The van der Waals surface area contributed by atoms with Crippen LogP contribution < -0.4 is 4.90 Å². The van der Waals surface area contributed by atoms with Gasteiger partial charge in [-0.15, -0.1) is 0 Å². The normalized spacial score (nSPS) is 22.5. The van der Waals surface area contributed by atoms with E-state index in [9.17, 15) is 4.79 Å². The molecular formula is C26H33N7O. The Morgan fingerprint density at radius 2 is 1.88 bits per heavy atom. The van der Waals surface area contributed by atoms with E-state index in [1.807, 2.05) is 22.8 Å². The molecule has 1 saturated carbocycles. The zero-order valence-electron chi connectivity index (χ0n) is 19.9. The number of piperazine rings is 1. The first-order valence-corrected chi connectivity index (χ1v) is 12.7. The Bertz CT molecular complexity index is 1140. The molecule has 0 N–H and O–H groups in total. The first-order valence-electron chi connectivity index (χ1n) is 12.7. The van der Waals surface area contributed by atoms with Gasteiger partial charge in [0.1, 0.15) is 12.1 Å². The second-order valence-electron chi connectivity index (χ2n) is 10.1. The van der Waals surface area contributed by atoms with Crippen molar-refractivity contribution in [2.24, 2.45) is 0 Å². The fraction of sp³-hybridized carbons (Fsp3) is 0.538. The van der Waals surface area contributed by atoms with Crippen molar-refractivity contribution in [1.82, 2.24) is 29.4 Å². The van der Waals surface area contributed by atoms with Gasteiger partial charge in [-0.05, 0) is 56.4 Å². The van der Waals surface area contributed by atoms with Crippen molar-refractivity contribution >= 4 is 17.4 Å². The first-order chi connectivity index (χ1) is 16.7. The molecule has 2 aliphatic heterocycles. The van der Waals surface area contributed by atoms with Crippen LogP contribution in [-0.2, 0) is 11.3 Å². The van der Waals surface area contributed by atoms with Crippen molar-refractivity contribution in [1.29, 1.82) is 0 Å². The predicted octanol–water partition coefficient (Wildman–Crippen LogP) is 3.06. The number of hydrogen-bond donors (Lipinski definition) is 0. The molecule has 3 aliphatic rings. The molecule has 5 heterocycles. The highest BCUT2D eigenvalue weighted by Gasteiger charge is 2.42. The predicted molar refractivity (Wildman–Crippen MR) is 130 cm³/mol. The summed E-state index contributed by atoms with van der Waals surface area (Å²) in [5, 5.41) is 4.40. The lowest BCUT2D eigenvalue weighted by Crippen LogP contribution is -2.56. The van der Waals surface area contributed by atoms with E-state index in [-0.39, 0.29) is 5.91 Å². The molecule has 0 radical (unpaired) electrons. The topological polar surface area (TPSA) is 69.9 Å². The smallest absolute Gasteiger partial charge is 0.224 e. The lowest BCUT2D eigenvalue weighted by atomic mass is 9.91. The Labute approximate surface area is 200 Å². The van der Waals surface area contributed by atoms with Crippen LogP contribution in [0.15, 0.2) is 42.9 Å². The van der Waals surface area contributed by atoms with E-state index >= 15 is 0 Å². The van der Waals surface area contributed by atoms with E-state index in [0.29, 0.717) is 24.5 Å². The summed E-state index contributed by atoms with van der Waals surface area (Å²) in [7, 11) is 0. The first kappa shape index (κ1) is 21.5. The third kappa shape index (κ3) is 4.04. The number of likely N-dealkylation sites (tertiary alicyclic amines) is 1. The van der Waals surface area contributed by atoms with Crippen molar-refractivity contribution in [3.63, 3.8) is 0 Å². The number of hydrogen-bond acceptors (Lipinski definition) is 6. The maximum atomic E-state index is 13.3. The molecule has 1 amide bonds. The molecule has 3 aromatic rings. The standard InChI is InChI=1S/C26H33N7O/c1-19-8-11-24(27-14-19)32-21-9-10-22(32)16-31(15-21)26(34)12-13-30(20-4-2-5-20)17-23-6-3-7-25-28-18-29-33(23)25/h3,6-8,11,14,18,20-22H,2,4-5,9-10,12-13,15-17H2,1H3. The van der Waals surface area contributed by atoms with E-state index in [2.05, 4.69) is 54.9 Å². The molecule has 3 aromatic heterocycles. The number of anilines is 1. The maximum absolute atomic E-state index is 13.3. The number of nitrogens with zero attached hydrogens (tertiary/aromatic N) is 7. The number of fused-ring (bicyclic) bond motifs is 3. The van der Waals surface area contributed by atoms with Gasteiger partial charge in [-0.3, -0.25) is 9.69 Å². The summed E-state index contributed by atoms with van der Waals surface area (Å²) in [6.07, 6.45) is 10.1. The summed E-state index contributed by atoms with van der Waals surface area (Å²) >= 11 is 0. The second-order valence-corrected chi connectivity index (χ2v) is 10.1. The molecule has 8 heteroatoms. The molecule has 2 bridgehead atoms. The zero-order chi connectivity index (χ0) is 23.1.